The third-order valence-electron chi connectivity index (χ3n) is 9.73. The van der Waals surface area contributed by atoms with Crippen molar-refractivity contribution in [2.75, 3.05) is 31.3 Å². The number of amidine groups is 1. The topological polar surface area (TPSA) is 268 Å². The van der Waals surface area contributed by atoms with E-state index in [4.69, 9.17) is 15.6 Å². The molecule has 0 saturated carbocycles. The number of ketones is 1. The zero-order valence-electron chi connectivity index (χ0n) is 33.4. The van der Waals surface area contributed by atoms with Crippen LogP contribution in [0.3, 0.4) is 0 Å². The Kier molecular flexibility index (Phi) is 16.8. The Balaban J connectivity index is 1.37. The molecular weight excluding hydrogens is 785 g/mol. The molecule has 0 spiro atoms. The number of thioether (sulfide) groups is 1. The average molecular weight is 837 g/mol. The number of carboxylic acid groups (broad SMARTS) is 1. The number of fused-ring (bicyclic) bond motifs is 3. The summed E-state index contributed by atoms with van der Waals surface area (Å²) in [7, 11) is 0. The van der Waals surface area contributed by atoms with E-state index in [2.05, 4.69) is 31.6 Å². The summed E-state index contributed by atoms with van der Waals surface area (Å²) < 4.78 is 5.78. The van der Waals surface area contributed by atoms with E-state index in [9.17, 15) is 38.4 Å². The first-order valence-electron chi connectivity index (χ1n) is 19.3. The summed E-state index contributed by atoms with van der Waals surface area (Å²) in [5, 5.41) is 21.3. The molecule has 59 heavy (non-hydrogen) atoms. The number of nitrogens with two attached hydrogens (primary N) is 1. The fraction of sp³-hybridized carbons (Fsp3) is 0.475. The first kappa shape index (κ1) is 45.7. The Labute approximate surface area is 346 Å². The van der Waals surface area contributed by atoms with E-state index in [1.54, 1.807) is 13.8 Å². The fourth-order valence-electron chi connectivity index (χ4n) is 6.69. The predicted octanol–water partition coefficient (Wildman–Crippen LogP) is 1.02. The minimum absolute atomic E-state index is 0.0221. The molecule has 1 aliphatic heterocycles. The second kappa shape index (κ2) is 21.7. The van der Waals surface area contributed by atoms with Gasteiger partial charge >= 0.3 is 12.1 Å². The highest BCUT2D eigenvalue weighted by molar-refractivity contribution is 7.99. The molecule has 8 N–H and O–H groups in total. The molecule has 1 heterocycles. The van der Waals surface area contributed by atoms with E-state index in [1.165, 1.54) is 30.5 Å². The Morgan fingerprint density at radius 1 is 0.864 bits per heavy atom. The number of hydrogen-bond donors (Lipinski definition) is 7. The smallest absolute Gasteiger partial charge is 0.411 e. The average Bonchev–Trinajstić information content (AvgIpc) is 3.82. The summed E-state index contributed by atoms with van der Waals surface area (Å²) in [4.78, 5) is 108. The van der Waals surface area contributed by atoms with Gasteiger partial charge in [0.25, 0.3) is 0 Å². The lowest BCUT2D eigenvalue weighted by Gasteiger charge is -2.26. The van der Waals surface area contributed by atoms with E-state index in [0.717, 1.165) is 22.3 Å². The molecule has 1 fully saturated rings. The molecule has 0 radical (unpaired) electrons. The molecule has 6 amide bonds. The molecule has 2 aromatic carbocycles. The van der Waals surface area contributed by atoms with Gasteiger partial charge in [0.15, 0.2) is 0 Å². The van der Waals surface area contributed by atoms with Crippen LogP contribution in [0.2, 0.25) is 0 Å². The van der Waals surface area contributed by atoms with Crippen molar-refractivity contribution in [3.8, 4) is 11.1 Å². The maximum atomic E-state index is 13.6. The first-order chi connectivity index (χ1) is 28.1. The Morgan fingerprint density at radius 3 is 2.05 bits per heavy atom. The van der Waals surface area contributed by atoms with Crippen molar-refractivity contribution in [2.45, 2.75) is 89.5 Å². The highest BCUT2D eigenvalue weighted by atomic mass is 32.2. The summed E-state index contributed by atoms with van der Waals surface area (Å²) >= 11 is 1.35. The van der Waals surface area contributed by atoms with Crippen molar-refractivity contribution >= 4 is 65.0 Å². The normalized spacial score (nSPS) is 16.6. The van der Waals surface area contributed by atoms with E-state index in [1.807, 2.05) is 48.5 Å². The molecule has 0 bridgehead atoms. The van der Waals surface area contributed by atoms with Crippen molar-refractivity contribution in [3.05, 3.63) is 59.7 Å². The van der Waals surface area contributed by atoms with Crippen LogP contribution < -0.4 is 32.3 Å². The Morgan fingerprint density at radius 2 is 1.46 bits per heavy atom. The van der Waals surface area contributed by atoms with Gasteiger partial charge in [0, 0.05) is 24.6 Å². The summed E-state index contributed by atoms with van der Waals surface area (Å²) in [6.45, 7) is 5.38. The molecule has 4 rings (SSSR count). The van der Waals surface area contributed by atoms with Crippen LogP contribution in [0.15, 0.2) is 53.5 Å². The number of Topliss-reactive ketones (excluding diaryl/α,β-unsaturated/α-hetero) is 1. The van der Waals surface area contributed by atoms with Gasteiger partial charge in [0.2, 0.25) is 29.5 Å². The minimum atomic E-state index is -1.46. The van der Waals surface area contributed by atoms with Gasteiger partial charge in [-0.2, -0.15) is 0 Å². The summed E-state index contributed by atoms with van der Waals surface area (Å²) in [6, 6.07) is 9.82. The maximum Gasteiger partial charge on any atom is 0.411 e. The van der Waals surface area contributed by atoms with Gasteiger partial charge in [-0.15, -0.1) is 11.8 Å². The number of carbonyl (C=O) groups excluding carboxylic acids is 7. The quantitative estimate of drug-likeness (QED) is 0.0560. The lowest BCUT2D eigenvalue weighted by atomic mass is 9.98. The zero-order chi connectivity index (χ0) is 43.2. The number of carboxylic acids is 1. The number of rotatable bonds is 20. The number of carbonyl (C=O) groups is 8. The molecule has 18 nitrogen and oxygen atoms in total. The zero-order valence-corrected chi connectivity index (χ0v) is 34.3. The molecule has 19 heteroatoms. The molecule has 1 aliphatic carbocycles. The van der Waals surface area contributed by atoms with E-state index in [0.29, 0.717) is 5.84 Å². The molecule has 2 aliphatic rings. The van der Waals surface area contributed by atoms with Crippen molar-refractivity contribution in [1.29, 1.82) is 0 Å². The Bertz CT molecular complexity index is 1890. The second-order valence-electron chi connectivity index (χ2n) is 14.3. The lowest BCUT2D eigenvalue weighted by Crippen LogP contribution is -2.59. The number of amides is 6. The number of hydrogen-bond acceptors (Lipinski definition) is 11. The summed E-state index contributed by atoms with van der Waals surface area (Å²) in [5.41, 5.74) is 9.84. The van der Waals surface area contributed by atoms with Crippen LogP contribution in [0, 0.1) is 0 Å². The van der Waals surface area contributed by atoms with E-state index < -0.39 is 90.6 Å². The summed E-state index contributed by atoms with van der Waals surface area (Å²) in [5.74, 6) is -5.01. The van der Waals surface area contributed by atoms with Crippen molar-refractivity contribution in [1.82, 2.24) is 31.5 Å². The van der Waals surface area contributed by atoms with Crippen molar-refractivity contribution in [3.63, 3.8) is 0 Å². The molecule has 1 saturated heterocycles. The van der Waals surface area contributed by atoms with E-state index >= 15 is 0 Å². The molecule has 5 atom stereocenters. The lowest BCUT2D eigenvalue weighted by molar-refractivity contribution is -0.138. The monoisotopic (exact) mass is 836 g/mol. The third kappa shape index (κ3) is 12.8. The predicted molar refractivity (Wildman–Crippen MR) is 219 cm³/mol. The van der Waals surface area contributed by atoms with Gasteiger partial charge in [0.05, 0.1) is 11.7 Å². The van der Waals surface area contributed by atoms with Crippen molar-refractivity contribution < 1.29 is 48.2 Å². The standard InChI is InChI=1S/C40H52N8O10S/c1-5-30(36(53)43-18-34(50)51)45-37(54)31(15-10-16-42-24(4)41)46-38(55)32(17-22(2)49)47-35(52)23(3)44-39(56)33-20-59-21-48(33)40(57)58-19-29-27-13-8-6-11-25(27)26-12-7-9-14-28(26)29/h6-9,11-14,23,29-33H,5,10,15-21H2,1-4H3,(H2,41,42)(H,43,53)(H,44,56)(H,45,54)(H,46,55)(H,47,52)(H,50,51)/t23-,30-,31-,32-,33-/m0/s1. The number of ether oxygens (including phenoxy) is 1. The third-order valence-corrected chi connectivity index (χ3v) is 10.7. The van der Waals surface area contributed by atoms with Crippen molar-refractivity contribution in [2.24, 2.45) is 10.7 Å². The summed E-state index contributed by atoms with van der Waals surface area (Å²) in [6.07, 6.45) is -0.734. The van der Waals surface area contributed by atoms with Gasteiger partial charge < -0.3 is 42.2 Å². The SMILES string of the molecule is CC[C@H](NC(=O)[C@H](CCCN=C(C)N)NC(=O)[C@H](CC(C)=O)NC(=O)[C@H](C)NC(=O)[C@@H]1CSCN1C(=O)OCC1c2ccccc2-c2ccccc21)C(=O)NCC(=O)O. The van der Waals surface area contributed by atoms with Gasteiger partial charge in [-0.25, -0.2) is 4.79 Å². The number of aliphatic carboxylic acids is 1. The largest absolute Gasteiger partial charge is 0.480 e. The van der Waals surface area contributed by atoms with Gasteiger partial charge in [0.1, 0.15) is 49.1 Å². The van der Waals surface area contributed by atoms with Gasteiger partial charge in [-0.3, -0.25) is 43.5 Å². The maximum absolute atomic E-state index is 13.6. The Hall–Kier alpha value is -5.98. The van der Waals surface area contributed by atoms with Crippen LogP contribution >= 0.6 is 11.8 Å². The molecule has 0 unspecified atom stereocenters. The number of nitrogens with one attached hydrogen (secondary N) is 5. The van der Waals surface area contributed by atoms with Crippen LogP contribution in [0.25, 0.3) is 11.1 Å². The second-order valence-corrected chi connectivity index (χ2v) is 15.3. The molecule has 0 aromatic heterocycles. The van der Waals surface area contributed by atoms with Gasteiger partial charge in [-0.05, 0) is 62.3 Å². The highest BCUT2D eigenvalue weighted by Crippen LogP contribution is 2.44. The number of benzene rings is 2. The molecular formula is C40H52N8O10S. The highest BCUT2D eigenvalue weighted by Gasteiger charge is 2.38. The molecule has 318 valence electrons. The van der Waals surface area contributed by atoms with Crippen LogP contribution in [0.4, 0.5) is 4.79 Å². The molecule has 2 aromatic rings. The van der Waals surface area contributed by atoms with Crippen LogP contribution in [-0.2, 0) is 38.3 Å². The number of nitrogens with zero attached hydrogens (tertiary/aromatic N) is 2. The first-order valence-corrected chi connectivity index (χ1v) is 20.4. The van der Waals surface area contributed by atoms with E-state index in [-0.39, 0.29) is 50.0 Å². The fourth-order valence-corrected chi connectivity index (χ4v) is 7.83. The minimum Gasteiger partial charge on any atom is -0.480 e. The van der Waals surface area contributed by atoms with Crippen LogP contribution in [0.1, 0.15) is 70.4 Å². The van der Waals surface area contributed by atoms with Gasteiger partial charge in [-0.1, -0.05) is 55.5 Å². The van der Waals surface area contributed by atoms with Crippen LogP contribution in [-0.4, -0.2) is 125 Å². The van der Waals surface area contributed by atoms with Crippen LogP contribution in [0.5, 0.6) is 0 Å². The number of aliphatic imine (C=N–C) groups is 1.